The van der Waals surface area contributed by atoms with E-state index in [1.54, 1.807) is 12.1 Å². The SMILES string of the molecule is O=C(COC(=O)[C@@H]1CC(=O)N(Cc2ccco2)C1)Nc1cccc([N+](=O)[O-])c1. The van der Waals surface area contributed by atoms with Crippen LogP contribution in [0.5, 0.6) is 0 Å². The number of amides is 2. The van der Waals surface area contributed by atoms with E-state index in [0.29, 0.717) is 5.76 Å². The number of non-ortho nitro benzene ring substituents is 1. The van der Waals surface area contributed by atoms with Crippen LogP contribution in [0.3, 0.4) is 0 Å². The lowest BCUT2D eigenvalue weighted by molar-refractivity contribution is -0.384. The van der Waals surface area contributed by atoms with Crippen LogP contribution in [0.15, 0.2) is 47.1 Å². The zero-order chi connectivity index (χ0) is 20.1. The molecule has 0 aliphatic carbocycles. The Bertz CT molecular complexity index is 894. The van der Waals surface area contributed by atoms with E-state index in [2.05, 4.69) is 5.32 Å². The molecule has 0 bridgehead atoms. The van der Waals surface area contributed by atoms with Crippen molar-refractivity contribution in [1.29, 1.82) is 0 Å². The van der Waals surface area contributed by atoms with Gasteiger partial charge < -0.3 is 19.4 Å². The highest BCUT2D eigenvalue weighted by Crippen LogP contribution is 2.22. The minimum absolute atomic E-state index is 0.00599. The maximum Gasteiger partial charge on any atom is 0.311 e. The summed E-state index contributed by atoms with van der Waals surface area (Å²) >= 11 is 0. The van der Waals surface area contributed by atoms with Crippen molar-refractivity contribution < 1.29 is 28.5 Å². The fourth-order valence-electron chi connectivity index (χ4n) is 2.82. The molecule has 1 atom stereocenters. The van der Waals surface area contributed by atoms with Crippen molar-refractivity contribution in [3.63, 3.8) is 0 Å². The number of benzene rings is 1. The summed E-state index contributed by atoms with van der Waals surface area (Å²) in [6.45, 7) is -0.0991. The molecule has 1 aromatic carbocycles. The predicted molar refractivity (Wildman–Crippen MR) is 94.9 cm³/mol. The zero-order valence-electron chi connectivity index (χ0n) is 14.7. The van der Waals surface area contributed by atoms with Crippen LogP contribution in [0, 0.1) is 16.0 Å². The van der Waals surface area contributed by atoms with E-state index in [4.69, 9.17) is 9.15 Å². The quantitative estimate of drug-likeness (QED) is 0.434. The zero-order valence-corrected chi connectivity index (χ0v) is 14.7. The number of hydrogen-bond acceptors (Lipinski definition) is 7. The number of rotatable bonds is 7. The molecule has 1 aromatic heterocycles. The largest absolute Gasteiger partial charge is 0.467 e. The second-order valence-corrected chi connectivity index (χ2v) is 6.22. The summed E-state index contributed by atoms with van der Waals surface area (Å²) in [5, 5.41) is 13.2. The first kappa shape index (κ1) is 19.1. The van der Waals surface area contributed by atoms with Crippen LogP contribution in [0.1, 0.15) is 12.2 Å². The molecule has 2 aromatic rings. The maximum atomic E-state index is 12.1. The Hall–Kier alpha value is -3.69. The lowest BCUT2D eigenvalue weighted by Gasteiger charge is -2.14. The van der Waals surface area contributed by atoms with Gasteiger partial charge in [0.2, 0.25) is 5.91 Å². The molecular weight excluding hydrogens is 370 g/mol. The minimum atomic E-state index is -0.659. The van der Waals surface area contributed by atoms with Gasteiger partial charge in [0.15, 0.2) is 6.61 Å². The van der Waals surface area contributed by atoms with Crippen LogP contribution in [-0.4, -0.2) is 40.8 Å². The second-order valence-electron chi connectivity index (χ2n) is 6.22. The molecule has 0 radical (unpaired) electrons. The molecule has 1 N–H and O–H groups in total. The van der Waals surface area contributed by atoms with Crippen molar-refractivity contribution in [3.05, 3.63) is 58.5 Å². The normalized spacial score (nSPS) is 16.1. The van der Waals surface area contributed by atoms with E-state index < -0.39 is 29.3 Å². The second kappa shape index (κ2) is 8.33. The highest BCUT2D eigenvalue weighted by atomic mass is 16.6. The summed E-state index contributed by atoms with van der Waals surface area (Å²) < 4.78 is 10.2. The van der Waals surface area contributed by atoms with Gasteiger partial charge in [0.25, 0.3) is 11.6 Å². The third-order valence-corrected chi connectivity index (χ3v) is 4.16. The Morgan fingerprint density at radius 3 is 2.86 bits per heavy atom. The van der Waals surface area contributed by atoms with Gasteiger partial charge in [0.05, 0.1) is 23.6 Å². The first-order chi connectivity index (χ1) is 13.4. The molecule has 0 unspecified atom stereocenters. The monoisotopic (exact) mass is 387 g/mol. The molecule has 1 aliphatic rings. The van der Waals surface area contributed by atoms with Gasteiger partial charge in [-0.3, -0.25) is 24.5 Å². The third-order valence-electron chi connectivity index (χ3n) is 4.16. The average molecular weight is 387 g/mol. The fraction of sp³-hybridized carbons (Fsp3) is 0.278. The third kappa shape index (κ3) is 4.72. The van der Waals surface area contributed by atoms with Crippen LogP contribution < -0.4 is 5.32 Å². The fourth-order valence-corrected chi connectivity index (χ4v) is 2.82. The van der Waals surface area contributed by atoms with Gasteiger partial charge in [-0.2, -0.15) is 0 Å². The molecular formula is C18H17N3O7. The lowest BCUT2D eigenvalue weighted by atomic mass is 10.1. The average Bonchev–Trinajstić information content (AvgIpc) is 3.30. The number of nitrogens with one attached hydrogen (secondary N) is 1. The molecule has 28 heavy (non-hydrogen) atoms. The maximum absolute atomic E-state index is 12.1. The Balaban J connectivity index is 1.47. The number of esters is 1. The van der Waals surface area contributed by atoms with Gasteiger partial charge in [-0.15, -0.1) is 0 Å². The van der Waals surface area contributed by atoms with E-state index >= 15 is 0 Å². The van der Waals surface area contributed by atoms with Crippen molar-refractivity contribution in [3.8, 4) is 0 Å². The molecule has 10 nitrogen and oxygen atoms in total. The number of nitrogens with zero attached hydrogens (tertiary/aromatic N) is 2. The summed E-state index contributed by atoms with van der Waals surface area (Å²) in [6, 6.07) is 8.84. The Labute approximate surface area is 159 Å². The molecule has 146 valence electrons. The smallest absolute Gasteiger partial charge is 0.311 e. The number of carbonyl (C=O) groups is 3. The molecule has 1 fully saturated rings. The summed E-state index contributed by atoms with van der Waals surface area (Å²) in [7, 11) is 0. The van der Waals surface area contributed by atoms with Crippen LogP contribution in [0.25, 0.3) is 0 Å². The topological polar surface area (TPSA) is 132 Å². The summed E-state index contributed by atoms with van der Waals surface area (Å²) in [4.78, 5) is 47.7. The molecule has 0 saturated carbocycles. The van der Waals surface area contributed by atoms with Crippen LogP contribution in [-0.2, 0) is 25.7 Å². The molecule has 2 amide bonds. The molecule has 3 rings (SSSR count). The number of carbonyl (C=O) groups excluding carboxylic acids is 3. The van der Waals surface area contributed by atoms with Crippen molar-refractivity contribution in [2.45, 2.75) is 13.0 Å². The van der Waals surface area contributed by atoms with E-state index in [9.17, 15) is 24.5 Å². The van der Waals surface area contributed by atoms with Crippen molar-refractivity contribution in [2.24, 2.45) is 5.92 Å². The first-order valence-electron chi connectivity index (χ1n) is 8.43. The van der Waals surface area contributed by atoms with Crippen LogP contribution in [0.2, 0.25) is 0 Å². The van der Waals surface area contributed by atoms with Gasteiger partial charge >= 0.3 is 5.97 Å². The van der Waals surface area contributed by atoms with Crippen molar-refractivity contribution in [2.75, 3.05) is 18.5 Å². The number of nitro benzene ring substituents is 1. The minimum Gasteiger partial charge on any atom is -0.467 e. The number of furan rings is 1. The van der Waals surface area contributed by atoms with E-state index in [1.165, 1.54) is 35.4 Å². The van der Waals surface area contributed by atoms with E-state index in [-0.39, 0.29) is 36.8 Å². The highest BCUT2D eigenvalue weighted by molar-refractivity contribution is 5.94. The molecule has 2 heterocycles. The number of nitro groups is 1. The number of hydrogen-bond donors (Lipinski definition) is 1. The molecule has 1 saturated heterocycles. The van der Waals surface area contributed by atoms with Gasteiger partial charge in [0, 0.05) is 30.8 Å². The Kier molecular flexibility index (Phi) is 5.68. The van der Waals surface area contributed by atoms with Gasteiger partial charge in [-0.05, 0) is 18.2 Å². The van der Waals surface area contributed by atoms with Crippen LogP contribution in [0.4, 0.5) is 11.4 Å². The van der Waals surface area contributed by atoms with Gasteiger partial charge in [-0.1, -0.05) is 6.07 Å². The number of ether oxygens (including phenoxy) is 1. The van der Waals surface area contributed by atoms with Crippen molar-refractivity contribution in [1.82, 2.24) is 4.90 Å². The van der Waals surface area contributed by atoms with Gasteiger partial charge in [-0.25, -0.2) is 0 Å². The number of anilines is 1. The lowest BCUT2D eigenvalue weighted by Crippen LogP contribution is -2.28. The van der Waals surface area contributed by atoms with E-state index in [1.807, 2.05) is 0 Å². The van der Waals surface area contributed by atoms with Crippen LogP contribution >= 0.6 is 0 Å². The Morgan fingerprint density at radius 1 is 1.32 bits per heavy atom. The Morgan fingerprint density at radius 2 is 2.14 bits per heavy atom. The van der Waals surface area contributed by atoms with Gasteiger partial charge in [0.1, 0.15) is 5.76 Å². The van der Waals surface area contributed by atoms with E-state index in [0.717, 1.165) is 0 Å². The highest BCUT2D eigenvalue weighted by Gasteiger charge is 2.35. The first-order valence-corrected chi connectivity index (χ1v) is 8.43. The summed E-state index contributed by atoms with van der Waals surface area (Å²) in [5.41, 5.74) is 0.0480. The predicted octanol–water partition coefficient (Wildman–Crippen LogP) is 1.72. The molecule has 10 heteroatoms. The van der Waals surface area contributed by atoms with Crippen molar-refractivity contribution >= 4 is 29.2 Å². The number of likely N-dealkylation sites (tertiary alicyclic amines) is 1. The summed E-state index contributed by atoms with van der Waals surface area (Å²) in [5.74, 6) is -1.53. The molecule has 1 aliphatic heterocycles. The summed E-state index contributed by atoms with van der Waals surface area (Å²) in [6.07, 6.45) is 1.51. The molecule has 0 spiro atoms. The standard InChI is InChI=1S/C18H17N3O7/c22-16(19-13-3-1-4-14(8-13)21(25)26)11-28-18(24)12-7-17(23)20(9-12)10-15-5-2-6-27-15/h1-6,8,12H,7,9-11H2,(H,19,22)/t12-/m1/s1.